The maximum Gasteiger partial charge on any atom is 0.160 e. The maximum absolute atomic E-state index is 5.11. The smallest absolute Gasteiger partial charge is 0.160 e. The molecule has 6 nitrogen and oxygen atoms in total. The molecule has 12 aromatic rings. The molecule has 310 valence electrons. The number of pyridine rings is 2. The Morgan fingerprint density at radius 3 is 0.939 bits per heavy atom. The van der Waals surface area contributed by atoms with Crippen LogP contribution in [0.5, 0.6) is 0 Å². The Labute approximate surface area is 382 Å². The van der Waals surface area contributed by atoms with Crippen molar-refractivity contribution in [2.75, 3.05) is 0 Å². The third kappa shape index (κ3) is 7.22. The first-order valence-electron chi connectivity index (χ1n) is 22.1. The van der Waals surface area contributed by atoms with Crippen LogP contribution in [0, 0.1) is 0 Å². The zero-order valence-corrected chi connectivity index (χ0v) is 35.8. The van der Waals surface area contributed by atoms with Crippen LogP contribution in [0.15, 0.2) is 243 Å². The van der Waals surface area contributed by atoms with Gasteiger partial charge in [-0.2, -0.15) is 0 Å². The molecule has 0 aliphatic carbocycles. The number of rotatable bonds is 9. The second-order valence-electron chi connectivity index (χ2n) is 16.3. The zero-order chi connectivity index (χ0) is 43.8. The highest BCUT2D eigenvalue weighted by Gasteiger charge is 2.18. The first-order chi connectivity index (χ1) is 32.7. The highest BCUT2D eigenvalue weighted by molar-refractivity contribution is 5.85. The average Bonchev–Trinajstić information content (AvgIpc) is 3.99. The molecule has 0 aliphatic heterocycles. The Morgan fingerprint density at radius 1 is 0.242 bits per heavy atom. The predicted octanol–water partition coefficient (Wildman–Crippen LogP) is 14.8. The van der Waals surface area contributed by atoms with Gasteiger partial charge in [-0.15, -0.1) is 0 Å². The summed E-state index contributed by atoms with van der Waals surface area (Å²) in [6.07, 6.45) is 4.16. The van der Waals surface area contributed by atoms with Gasteiger partial charge in [0, 0.05) is 51.3 Å². The highest BCUT2D eigenvalue weighted by atomic mass is 15.0. The van der Waals surface area contributed by atoms with Gasteiger partial charge in [-0.05, 0) is 52.6 Å². The maximum atomic E-state index is 5.11. The summed E-state index contributed by atoms with van der Waals surface area (Å²) >= 11 is 0. The standard InChI is InChI=1S/C60H40N6/c1-4-14-49(15-5-1)58-56(63-54-20-10-12-38-65(54)58)47-34-26-43(27-35-47)41-22-30-45(31-23-41)52-40-53(62-60(61-52)51-18-8-3-9-19-51)46-32-24-42(25-33-46)44-28-36-48(37-29-44)57-59(50-16-6-2-7-17-50)66-39-13-11-21-55(66)64-57/h1-40H. The molecule has 5 aromatic heterocycles. The largest absolute Gasteiger partial charge is 0.299 e. The molecule has 0 atom stereocenters. The van der Waals surface area contributed by atoms with Crippen LogP contribution < -0.4 is 0 Å². The molecule has 0 radical (unpaired) electrons. The van der Waals surface area contributed by atoms with Crippen LogP contribution in [0.4, 0.5) is 0 Å². The minimum atomic E-state index is 0.686. The minimum absolute atomic E-state index is 0.686. The lowest BCUT2D eigenvalue weighted by Gasteiger charge is -2.11. The summed E-state index contributed by atoms with van der Waals surface area (Å²) in [6, 6.07) is 80.2. The summed E-state index contributed by atoms with van der Waals surface area (Å²) in [5.41, 5.74) is 19.6. The fourth-order valence-corrected chi connectivity index (χ4v) is 8.91. The Hall–Kier alpha value is -9.00. The quantitative estimate of drug-likeness (QED) is 0.145. The zero-order valence-electron chi connectivity index (χ0n) is 35.8. The van der Waals surface area contributed by atoms with E-state index in [9.17, 15) is 0 Å². The molecule has 12 rings (SSSR count). The molecule has 0 amide bonds. The number of aromatic nitrogens is 6. The summed E-state index contributed by atoms with van der Waals surface area (Å²) in [6.45, 7) is 0. The van der Waals surface area contributed by atoms with Crippen molar-refractivity contribution in [3.8, 4) is 101 Å². The second-order valence-corrected chi connectivity index (χ2v) is 16.3. The predicted molar refractivity (Wildman–Crippen MR) is 268 cm³/mol. The van der Waals surface area contributed by atoms with Gasteiger partial charge < -0.3 is 0 Å². The first kappa shape index (κ1) is 38.7. The van der Waals surface area contributed by atoms with Gasteiger partial charge in [0.15, 0.2) is 5.82 Å². The highest BCUT2D eigenvalue weighted by Crippen LogP contribution is 2.37. The van der Waals surface area contributed by atoms with Crippen molar-refractivity contribution in [2.24, 2.45) is 0 Å². The molecule has 6 heteroatoms. The van der Waals surface area contributed by atoms with E-state index in [1.165, 1.54) is 0 Å². The number of hydrogen-bond donors (Lipinski definition) is 0. The summed E-state index contributed by atoms with van der Waals surface area (Å²) in [7, 11) is 0. The molecule has 5 heterocycles. The Balaban J connectivity index is 0.828. The van der Waals surface area contributed by atoms with E-state index in [0.717, 1.165) is 107 Å². The molecular weight excluding hydrogens is 805 g/mol. The Morgan fingerprint density at radius 2 is 0.561 bits per heavy atom. The molecule has 66 heavy (non-hydrogen) atoms. The van der Waals surface area contributed by atoms with Crippen molar-refractivity contribution in [3.05, 3.63) is 243 Å². The molecule has 0 saturated carbocycles. The monoisotopic (exact) mass is 844 g/mol. The lowest BCUT2D eigenvalue weighted by atomic mass is 9.98. The van der Waals surface area contributed by atoms with Crippen molar-refractivity contribution >= 4 is 11.3 Å². The lowest BCUT2D eigenvalue weighted by molar-refractivity contribution is 1.18. The van der Waals surface area contributed by atoms with E-state index in [0.29, 0.717) is 5.82 Å². The van der Waals surface area contributed by atoms with Crippen molar-refractivity contribution in [3.63, 3.8) is 0 Å². The van der Waals surface area contributed by atoms with Gasteiger partial charge >= 0.3 is 0 Å². The lowest BCUT2D eigenvalue weighted by Crippen LogP contribution is -1.96. The van der Waals surface area contributed by atoms with Gasteiger partial charge in [0.05, 0.1) is 34.2 Å². The Bertz CT molecular complexity index is 3410. The average molecular weight is 845 g/mol. The number of nitrogens with zero attached hydrogens (tertiary/aromatic N) is 6. The molecule has 0 aliphatic rings. The fourth-order valence-electron chi connectivity index (χ4n) is 8.91. The van der Waals surface area contributed by atoms with E-state index in [4.69, 9.17) is 19.9 Å². The summed E-state index contributed by atoms with van der Waals surface area (Å²) < 4.78 is 4.33. The van der Waals surface area contributed by atoms with Gasteiger partial charge in [-0.1, -0.05) is 200 Å². The third-order valence-corrected chi connectivity index (χ3v) is 12.3. The van der Waals surface area contributed by atoms with Gasteiger partial charge in [-0.25, -0.2) is 19.9 Å². The van der Waals surface area contributed by atoms with Gasteiger partial charge in [0.1, 0.15) is 11.3 Å². The van der Waals surface area contributed by atoms with Crippen molar-refractivity contribution in [1.29, 1.82) is 0 Å². The van der Waals surface area contributed by atoms with E-state index >= 15 is 0 Å². The summed E-state index contributed by atoms with van der Waals surface area (Å²) in [5, 5.41) is 0. The molecular formula is C60H40N6. The molecule has 0 N–H and O–H groups in total. The van der Waals surface area contributed by atoms with Crippen LogP contribution in [-0.2, 0) is 0 Å². The van der Waals surface area contributed by atoms with Crippen molar-refractivity contribution < 1.29 is 0 Å². The SMILES string of the molecule is c1ccc(-c2nc(-c3ccc(-c4ccc(-c5nc6ccccn6c5-c5ccccc5)cc4)cc3)cc(-c3ccc(-c4ccc(-c5nc6ccccn6c5-c5ccccc5)cc4)cc3)n2)cc1. The van der Waals surface area contributed by atoms with Crippen LogP contribution in [-0.4, -0.2) is 28.7 Å². The Kier molecular flexibility index (Phi) is 9.73. The van der Waals surface area contributed by atoms with Crippen LogP contribution in [0.2, 0.25) is 0 Å². The van der Waals surface area contributed by atoms with E-state index in [1.807, 2.05) is 54.6 Å². The van der Waals surface area contributed by atoms with Gasteiger partial charge in [0.2, 0.25) is 0 Å². The minimum Gasteiger partial charge on any atom is -0.299 e. The molecule has 0 unspecified atom stereocenters. The number of hydrogen-bond acceptors (Lipinski definition) is 4. The molecule has 0 bridgehead atoms. The number of imidazole rings is 2. The number of benzene rings is 7. The van der Waals surface area contributed by atoms with Crippen LogP contribution in [0.25, 0.3) is 112 Å². The second kappa shape index (κ2) is 16.6. The number of fused-ring (bicyclic) bond motifs is 2. The van der Waals surface area contributed by atoms with Crippen LogP contribution in [0.3, 0.4) is 0 Å². The molecule has 7 aromatic carbocycles. The van der Waals surface area contributed by atoms with Crippen LogP contribution >= 0.6 is 0 Å². The third-order valence-electron chi connectivity index (χ3n) is 12.3. The van der Waals surface area contributed by atoms with Crippen molar-refractivity contribution in [2.45, 2.75) is 0 Å². The normalized spacial score (nSPS) is 11.3. The van der Waals surface area contributed by atoms with E-state index in [2.05, 4.69) is 197 Å². The van der Waals surface area contributed by atoms with Gasteiger partial charge in [-0.3, -0.25) is 8.80 Å². The van der Waals surface area contributed by atoms with Crippen molar-refractivity contribution in [1.82, 2.24) is 28.7 Å². The van der Waals surface area contributed by atoms with Crippen LogP contribution in [0.1, 0.15) is 0 Å². The van der Waals surface area contributed by atoms with E-state index in [-0.39, 0.29) is 0 Å². The first-order valence-corrected chi connectivity index (χ1v) is 22.1. The molecule has 0 fully saturated rings. The summed E-state index contributed by atoms with van der Waals surface area (Å²) in [5.74, 6) is 0.686. The van der Waals surface area contributed by atoms with E-state index in [1.54, 1.807) is 0 Å². The molecule has 0 spiro atoms. The summed E-state index contributed by atoms with van der Waals surface area (Å²) in [4.78, 5) is 20.3. The topological polar surface area (TPSA) is 60.4 Å². The van der Waals surface area contributed by atoms with E-state index < -0.39 is 0 Å². The molecule has 0 saturated heterocycles. The van der Waals surface area contributed by atoms with Gasteiger partial charge in [0.25, 0.3) is 0 Å². The fraction of sp³-hybridized carbons (Fsp3) is 0.